The van der Waals surface area contributed by atoms with E-state index in [4.69, 9.17) is 14.2 Å². The Bertz CT molecular complexity index is 1770. The number of amides is 3. The van der Waals surface area contributed by atoms with Gasteiger partial charge in [0, 0.05) is 32.0 Å². The summed E-state index contributed by atoms with van der Waals surface area (Å²) in [6.45, 7) is 12.6. The summed E-state index contributed by atoms with van der Waals surface area (Å²) in [4.78, 5) is 45.8. The molecule has 1 saturated heterocycles. The van der Waals surface area contributed by atoms with Crippen LogP contribution in [0.4, 0.5) is 9.59 Å². The molecule has 9 heteroatoms. The van der Waals surface area contributed by atoms with Gasteiger partial charge in [-0.2, -0.15) is 0 Å². The summed E-state index contributed by atoms with van der Waals surface area (Å²) in [5, 5.41) is 4.98. The Hall–Kier alpha value is -4.11. The Morgan fingerprint density at radius 2 is 1.62 bits per heavy atom. The average molecular weight is 712 g/mol. The molecule has 1 heterocycles. The highest BCUT2D eigenvalue weighted by molar-refractivity contribution is 5.88. The largest absolute Gasteiger partial charge is 0.444 e. The first-order valence-corrected chi connectivity index (χ1v) is 18.9. The lowest BCUT2D eigenvalue weighted by molar-refractivity contribution is -0.235. The zero-order valence-electron chi connectivity index (χ0n) is 32.2. The van der Waals surface area contributed by atoms with Crippen molar-refractivity contribution in [1.82, 2.24) is 15.1 Å². The van der Waals surface area contributed by atoms with Crippen LogP contribution in [0.25, 0.3) is 10.8 Å². The van der Waals surface area contributed by atoms with Crippen molar-refractivity contribution in [2.45, 2.75) is 116 Å². The maximum atomic E-state index is 14.8. The van der Waals surface area contributed by atoms with Gasteiger partial charge in [0.05, 0.1) is 5.60 Å². The predicted octanol–water partition coefficient (Wildman–Crippen LogP) is 8.66. The van der Waals surface area contributed by atoms with Crippen LogP contribution in [0.15, 0.2) is 72.8 Å². The van der Waals surface area contributed by atoms with Gasteiger partial charge in [0.25, 0.3) is 0 Å². The van der Waals surface area contributed by atoms with Crippen LogP contribution in [-0.4, -0.2) is 72.0 Å². The van der Waals surface area contributed by atoms with Gasteiger partial charge in [-0.25, -0.2) is 9.59 Å². The van der Waals surface area contributed by atoms with Crippen LogP contribution in [0.2, 0.25) is 0 Å². The molecule has 3 fully saturated rings. The second-order valence-corrected chi connectivity index (χ2v) is 17.2. The maximum absolute atomic E-state index is 14.8. The van der Waals surface area contributed by atoms with Crippen LogP contribution in [0.5, 0.6) is 0 Å². The summed E-state index contributed by atoms with van der Waals surface area (Å²) >= 11 is 0. The molecule has 0 unspecified atom stereocenters. The number of alkyl carbamates (subject to hydrolysis) is 1. The zero-order chi connectivity index (χ0) is 37.5. The van der Waals surface area contributed by atoms with E-state index >= 15 is 0 Å². The van der Waals surface area contributed by atoms with Gasteiger partial charge in [0.1, 0.15) is 24.5 Å². The van der Waals surface area contributed by atoms with Crippen LogP contribution >= 0.6 is 0 Å². The Balaban J connectivity index is 1.45. The van der Waals surface area contributed by atoms with E-state index in [0.29, 0.717) is 12.3 Å². The molecule has 9 nitrogen and oxygen atoms in total. The summed E-state index contributed by atoms with van der Waals surface area (Å²) in [7, 11) is 3.40. The number of likely N-dealkylation sites (N-methyl/N-ethyl adjacent to an activating group) is 1. The van der Waals surface area contributed by atoms with Crippen molar-refractivity contribution in [1.29, 1.82) is 0 Å². The van der Waals surface area contributed by atoms with Gasteiger partial charge in [-0.15, -0.1) is 0 Å². The van der Waals surface area contributed by atoms with E-state index < -0.39 is 41.6 Å². The van der Waals surface area contributed by atoms with Gasteiger partial charge in [-0.1, -0.05) is 93.6 Å². The Morgan fingerprint density at radius 1 is 0.923 bits per heavy atom. The van der Waals surface area contributed by atoms with Gasteiger partial charge >= 0.3 is 12.2 Å². The second kappa shape index (κ2) is 14.4. The monoisotopic (exact) mass is 711 g/mol. The lowest BCUT2D eigenvalue weighted by Crippen LogP contribution is -2.62. The molecular weight excluding hydrogens is 654 g/mol. The first-order valence-electron chi connectivity index (χ1n) is 18.9. The van der Waals surface area contributed by atoms with Crippen LogP contribution < -0.4 is 5.32 Å². The highest BCUT2D eigenvalue weighted by Crippen LogP contribution is 2.72. The highest BCUT2D eigenvalue weighted by Gasteiger charge is 2.70. The van der Waals surface area contributed by atoms with E-state index in [0.717, 1.165) is 47.6 Å². The van der Waals surface area contributed by atoms with Gasteiger partial charge < -0.3 is 24.4 Å². The fraction of sp³-hybridized carbons (Fsp3) is 0.558. The van der Waals surface area contributed by atoms with Crippen molar-refractivity contribution >= 4 is 28.9 Å². The molecule has 3 aromatic rings. The van der Waals surface area contributed by atoms with E-state index in [2.05, 4.69) is 26.1 Å². The van der Waals surface area contributed by atoms with Crippen LogP contribution in [0.1, 0.15) is 97.1 Å². The smallest absolute Gasteiger partial charge is 0.412 e. The predicted molar refractivity (Wildman–Crippen MR) is 203 cm³/mol. The van der Waals surface area contributed by atoms with Crippen LogP contribution in [-0.2, 0) is 25.6 Å². The molecular formula is C43H57N3O6. The van der Waals surface area contributed by atoms with Crippen molar-refractivity contribution in [3.05, 3.63) is 83.9 Å². The minimum Gasteiger partial charge on any atom is -0.444 e. The van der Waals surface area contributed by atoms with Crippen molar-refractivity contribution in [2.24, 2.45) is 16.7 Å². The zero-order valence-corrected chi connectivity index (χ0v) is 32.2. The summed E-state index contributed by atoms with van der Waals surface area (Å²) in [6.07, 6.45) is 3.55. The van der Waals surface area contributed by atoms with Gasteiger partial charge in [-0.3, -0.25) is 9.69 Å². The number of carbonyl (C=O) groups is 3. The van der Waals surface area contributed by atoms with Crippen molar-refractivity contribution in [3.8, 4) is 0 Å². The number of rotatable bonds is 9. The molecule has 52 heavy (non-hydrogen) atoms. The summed E-state index contributed by atoms with van der Waals surface area (Å²) in [5.41, 5.74) is 0.488. The molecule has 3 aliphatic rings. The molecule has 1 aliphatic heterocycles. The molecule has 0 aromatic heterocycles. The summed E-state index contributed by atoms with van der Waals surface area (Å²) in [5.74, 6) is -0.439. The molecule has 0 radical (unpaired) electrons. The SMILES string of the molecule is CN(C)C(=O)[C@@H]([C@H](CNC(=O)OC(C)(C)C)c1ccc2ccccc2c1)N(C(=O)OCc1ccccc1)[C@H]1CCC[C@]2(C[C@H]3CC[C@]2(C)C3(C)C)O1. The third-order valence-corrected chi connectivity index (χ3v) is 12.6. The number of hydrogen-bond donors (Lipinski definition) is 1. The quantitative estimate of drug-likeness (QED) is 0.239. The van der Waals surface area contributed by atoms with Gasteiger partial charge in [-0.05, 0) is 92.5 Å². The molecule has 6 atom stereocenters. The first-order chi connectivity index (χ1) is 24.6. The molecule has 6 rings (SSSR count). The van der Waals surface area contributed by atoms with Crippen molar-refractivity contribution in [3.63, 3.8) is 0 Å². The summed E-state index contributed by atoms with van der Waals surface area (Å²) in [6, 6.07) is 22.5. The minimum absolute atomic E-state index is 0.0324. The second-order valence-electron chi connectivity index (χ2n) is 17.2. The molecule has 1 spiro atoms. The Kier molecular flexibility index (Phi) is 10.4. The van der Waals surface area contributed by atoms with E-state index in [-0.39, 0.29) is 29.9 Å². The lowest BCUT2D eigenvalue weighted by Gasteiger charge is -2.54. The molecule has 3 aromatic carbocycles. The molecule has 1 N–H and O–H groups in total. The third kappa shape index (κ3) is 7.13. The average Bonchev–Trinajstić information content (AvgIpc) is 3.41. The normalized spacial score (nSPS) is 26.1. The van der Waals surface area contributed by atoms with Crippen molar-refractivity contribution < 1.29 is 28.6 Å². The van der Waals surface area contributed by atoms with Crippen LogP contribution in [0, 0.1) is 16.7 Å². The Labute approximate surface area is 309 Å². The fourth-order valence-electron chi connectivity index (χ4n) is 9.40. The fourth-order valence-corrected chi connectivity index (χ4v) is 9.40. The lowest BCUT2D eigenvalue weighted by atomic mass is 9.62. The van der Waals surface area contributed by atoms with E-state index in [1.54, 1.807) is 19.0 Å². The van der Waals surface area contributed by atoms with E-state index in [1.165, 1.54) is 11.3 Å². The number of fused-ring (bicyclic) bond motifs is 4. The number of hydrogen-bond acceptors (Lipinski definition) is 6. The standard InChI is InChI=1S/C43H57N3O6/c1-40(2,3)52-38(48)44-27-34(32-21-20-30-17-12-13-18-31(30)25-32)36(37(47)45(7)8)46(39(49)50-28-29-15-10-9-11-16-29)35-19-14-23-43(51-35)26-33-22-24-42(43,6)41(33,4)5/h9-13,15-18,20-21,25,33-36H,14,19,22-24,26-28H2,1-8H3,(H,44,48)/t33-,34-,35-,36-,42-,43-/m1/s1. The minimum atomic E-state index is -1.08. The maximum Gasteiger partial charge on any atom is 0.412 e. The van der Waals surface area contributed by atoms with E-state index in [1.807, 2.05) is 93.6 Å². The number of carbonyl (C=O) groups excluding carboxylic acids is 3. The van der Waals surface area contributed by atoms with Gasteiger partial charge in [0.2, 0.25) is 5.91 Å². The molecule has 2 saturated carbocycles. The number of nitrogens with one attached hydrogen (secondary N) is 1. The third-order valence-electron chi connectivity index (χ3n) is 12.6. The number of ether oxygens (including phenoxy) is 3. The Morgan fingerprint density at radius 3 is 2.25 bits per heavy atom. The number of benzene rings is 3. The van der Waals surface area contributed by atoms with E-state index in [9.17, 15) is 14.4 Å². The highest BCUT2D eigenvalue weighted by atomic mass is 16.6. The topological polar surface area (TPSA) is 97.4 Å². The van der Waals surface area contributed by atoms with Gasteiger partial charge in [0.15, 0.2) is 0 Å². The molecule has 3 amide bonds. The molecule has 280 valence electrons. The van der Waals surface area contributed by atoms with Crippen LogP contribution in [0.3, 0.4) is 0 Å². The van der Waals surface area contributed by atoms with Crippen molar-refractivity contribution in [2.75, 3.05) is 20.6 Å². The molecule has 2 aliphatic carbocycles. The molecule has 2 bridgehead atoms. The number of nitrogens with zero attached hydrogens (tertiary/aromatic N) is 2. The first kappa shape index (κ1) is 37.6. The summed E-state index contributed by atoms with van der Waals surface area (Å²) < 4.78 is 19.1.